The largest absolute Gasteiger partial charge is 0.382 e. The zero-order chi connectivity index (χ0) is 24.2. The third-order valence-corrected chi connectivity index (χ3v) is 11.9. The molecular weight excluding hydrogens is 572 g/mol. The van der Waals surface area contributed by atoms with Gasteiger partial charge < -0.3 is 10.6 Å². The standard InChI is InChI=1S/2C16H20BrN/c2*17-14-1-3-15(4-2-14)18-16-12-6-10-5-11(8-12)9-13(16)7-10/h2*1-4,10-13,16,18H,5-9H2. The van der Waals surface area contributed by atoms with Crippen LogP contribution in [0.2, 0.25) is 0 Å². The van der Waals surface area contributed by atoms with E-state index in [0.717, 1.165) is 68.4 Å². The van der Waals surface area contributed by atoms with Gasteiger partial charge in [0.1, 0.15) is 0 Å². The average Bonchev–Trinajstić information content (AvgIpc) is 2.86. The molecule has 0 atom stereocenters. The fraction of sp³-hybridized carbons (Fsp3) is 0.625. The molecule has 2 nitrogen and oxygen atoms in total. The van der Waals surface area contributed by atoms with Crippen LogP contribution in [0.4, 0.5) is 11.4 Å². The maximum Gasteiger partial charge on any atom is 0.0343 e. The van der Waals surface area contributed by atoms with E-state index in [1.807, 2.05) is 0 Å². The predicted molar refractivity (Wildman–Crippen MR) is 157 cm³/mol. The van der Waals surface area contributed by atoms with Crippen molar-refractivity contribution in [3.8, 4) is 0 Å². The van der Waals surface area contributed by atoms with Crippen molar-refractivity contribution in [1.29, 1.82) is 0 Å². The van der Waals surface area contributed by atoms with E-state index in [2.05, 4.69) is 91.0 Å². The number of nitrogens with one attached hydrogen (secondary N) is 2. The molecule has 8 saturated carbocycles. The van der Waals surface area contributed by atoms with Gasteiger partial charge in [0.15, 0.2) is 0 Å². The minimum Gasteiger partial charge on any atom is -0.382 e. The molecule has 0 saturated heterocycles. The SMILES string of the molecule is Brc1ccc(NC2C3CC4CC(C3)CC2C4)cc1.Brc1ccc(NC2C3CC4CC(C3)CC2C4)cc1. The van der Waals surface area contributed by atoms with Crippen molar-refractivity contribution < 1.29 is 0 Å². The number of anilines is 2. The van der Waals surface area contributed by atoms with Crippen LogP contribution in [0.1, 0.15) is 64.2 Å². The summed E-state index contributed by atoms with van der Waals surface area (Å²) in [6.45, 7) is 0. The molecule has 10 rings (SSSR count). The molecule has 2 aromatic rings. The summed E-state index contributed by atoms with van der Waals surface area (Å²) in [5, 5.41) is 7.66. The van der Waals surface area contributed by atoms with E-state index in [-0.39, 0.29) is 0 Å². The molecule has 0 radical (unpaired) electrons. The van der Waals surface area contributed by atoms with Gasteiger partial charge in [0.25, 0.3) is 0 Å². The van der Waals surface area contributed by atoms with Gasteiger partial charge in [-0.15, -0.1) is 0 Å². The van der Waals surface area contributed by atoms with Gasteiger partial charge in [0, 0.05) is 32.4 Å². The quantitative estimate of drug-likeness (QED) is 0.360. The molecule has 0 aromatic heterocycles. The molecule has 8 aliphatic carbocycles. The lowest BCUT2D eigenvalue weighted by Gasteiger charge is -2.54. The third kappa shape index (κ3) is 4.91. The van der Waals surface area contributed by atoms with E-state index >= 15 is 0 Å². The average molecular weight is 612 g/mol. The van der Waals surface area contributed by atoms with Crippen molar-refractivity contribution in [3.63, 3.8) is 0 Å². The van der Waals surface area contributed by atoms with Crippen LogP contribution in [0.25, 0.3) is 0 Å². The number of halogens is 2. The zero-order valence-corrected chi connectivity index (χ0v) is 24.4. The molecule has 2 aromatic carbocycles. The van der Waals surface area contributed by atoms with Crippen molar-refractivity contribution in [2.45, 2.75) is 76.3 Å². The minimum atomic E-state index is 0.749. The maximum absolute atomic E-state index is 3.83. The molecule has 2 N–H and O–H groups in total. The van der Waals surface area contributed by atoms with Crippen LogP contribution >= 0.6 is 31.9 Å². The van der Waals surface area contributed by atoms with Gasteiger partial charge >= 0.3 is 0 Å². The highest BCUT2D eigenvalue weighted by atomic mass is 79.9. The van der Waals surface area contributed by atoms with Crippen LogP contribution in [-0.2, 0) is 0 Å². The number of rotatable bonds is 4. The summed E-state index contributed by atoms with van der Waals surface area (Å²) in [6, 6.07) is 18.9. The molecular formula is C32H40Br2N2. The van der Waals surface area contributed by atoms with Crippen molar-refractivity contribution in [1.82, 2.24) is 0 Å². The predicted octanol–water partition coefficient (Wildman–Crippen LogP) is 9.37. The molecule has 0 amide bonds. The van der Waals surface area contributed by atoms with Gasteiger partial charge in [-0.2, -0.15) is 0 Å². The Hall–Kier alpha value is -1.00. The van der Waals surface area contributed by atoms with Crippen LogP contribution < -0.4 is 10.6 Å². The Morgan fingerprint density at radius 3 is 0.972 bits per heavy atom. The molecule has 8 aliphatic rings. The highest BCUT2D eigenvalue weighted by Gasteiger charge is 2.49. The molecule has 0 heterocycles. The molecule has 0 aliphatic heterocycles. The van der Waals surface area contributed by atoms with E-state index < -0.39 is 0 Å². The fourth-order valence-electron chi connectivity index (χ4n) is 9.80. The number of hydrogen-bond acceptors (Lipinski definition) is 2. The summed E-state index contributed by atoms with van der Waals surface area (Å²) in [6.07, 6.45) is 15.0. The minimum absolute atomic E-state index is 0.749. The summed E-state index contributed by atoms with van der Waals surface area (Å²) in [5.41, 5.74) is 2.60. The van der Waals surface area contributed by atoms with Crippen molar-refractivity contribution in [2.75, 3.05) is 10.6 Å². The summed E-state index contributed by atoms with van der Waals surface area (Å²) < 4.78 is 2.33. The van der Waals surface area contributed by atoms with E-state index in [1.54, 1.807) is 0 Å². The Kier molecular flexibility index (Phi) is 6.65. The lowest BCUT2D eigenvalue weighted by atomic mass is 9.54. The van der Waals surface area contributed by atoms with Crippen LogP contribution in [0.15, 0.2) is 57.5 Å². The smallest absolute Gasteiger partial charge is 0.0343 e. The summed E-state index contributed by atoms with van der Waals surface area (Å²) in [7, 11) is 0. The van der Waals surface area contributed by atoms with E-state index in [0.29, 0.717) is 0 Å². The summed E-state index contributed by atoms with van der Waals surface area (Å²) in [4.78, 5) is 0. The first kappa shape index (κ1) is 24.1. The van der Waals surface area contributed by atoms with Gasteiger partial charge in [-0.05, 0) is 160 Å². The van der Waals surface area contributed by atoms with Crippen molar-refractivity contribution >= 4 is 43.2 Å². The summed E-state index contributed by atoms with van der Waals surface area (Å²) in [5.74, 6) is 8.06. The molecule has 36 heavy (non-hydrogen) atoms. The Labute approximate surface area is 234 Å². The maximum atomic E-state index is 3.83. The molecule has 0 spiro atoms. The molecule has 192 valence electrons. The van der Waals surface area contributed by atoms with Crippen molar-refractivity contribution in [3.05, 3.63) is 57.5 Å². The Morgan fingerprint density at radius 1 is 0.417 bits per heavy atom. The highest BCUT2D eigenvalue weighted by molar-refractivity contribution is 9.10. The van der Waals surface area contributed by atoms with Crippen LogP contribution in [0, 0.1) is 47.3 Å². The van der Waals surface area contributed by atoms with Crippen LogP contribution in [0.3, 0.4) is 0 Å². The molecule has 0 unspecified atom stereocenters. The number of hydrogen-bond donors (Lipinski definition) is 2. The van der Waals surface area contributed by atoms with Gasteiger partial charge in [-0.1, -0.05) is 31.9 Å². The first-order valence-electron chi connectivity index (χ1n) is 14.6. The Balaban J connectivity index is 0.000000122. The van der Waals surface area contributed by atoms with Crippen LogP contribution in [-0.4, -0.2) is 12.1 Å². The molecule has 8 bridgehead atoms. The van der Waals surface area contributed by atoms with Crippen LogP contribution in [0.5, 0.6) is 0 Å². The Morgan fingerprint density at radius 2 is 0.694 bits per heavy atom. The second-order valence-corrected chi connectivity index (χ2v) is 15.0. The van der Waals surface area contributed by atoms with E-state index in [9.17, 15) is 0 Å². The van der Waals surface area contributed by atoms with Gasteiger partial charge in [-0.25, -0.2) is 0 Å². The van der Waals surface area contributed by atoms with E-state index in [4.69, 9.17) is 0 Å². The number of benzene rings is 2. The Bertz CT molecular complexity index is 907. The fourth-order valence-corrected chi connectivity index (χ4v) is 10.3. The topological polar surface area (TPSA) is 24.1 Å². The zero-order valence-electron chi connectivity index (χ0n) is 21.2. The van der Waals surface area contributed by atoms with E-state index in [1.165, 1.54) is 75.6 Å². The second-order valence-electron chi connectivity index (χ2n) is 13.2. The highest BCUT2D eigenvalue weighted by Crippen LogP contribution is 2.55. The second kappa shape index (κ2) is 9.95. The van der Waals surface area contributed by atoms with Gasteiger partial charge in [0.2, 0.25) is 0 Å². The summed E-state index contributed by atoms with van der Waals surface area (Å²) >= 11 is 7.01. The monoisotopic (exact) mass is 610 g/mol. The van der Waals surface area contributed by atoms with Crippen molar-refractivity contribution in [2.24, 2.45) is 47.3 Å². The lowest BCUT2D eigenvalue weighted by molar-refractivity contribution is 0.00750. The first-order chi connectivity index (χ1) is 17.6. The molecule has 8 fully saturated rings. The van der Waals surface area contributed by atoms with Gasteiger partial charge in [-0.3, -0.25) is 0 Å². The third-order valence-electron chi connectivity index (χ3n) is 10.8. The normalized spacial score (nSPS) is 41.1. The first-order valence-corrected chi connectivity index (χ1v) is 16.2. The molecule has 4 heteroatoms. The van der Waals surface area contributed by atoms with Gasteiger partial charge in [0.05, 0.1) is 0 Å². The lowest BCUT2D eigenvalue weighted by Crippen LogP contribution is -2.51.